The van der Waals surface area contributed by atoms with E-state index >= 15 is 4.39 Å². The monoisotopic (exact) mass is 450 g/mol. The summed E-state index contributed by atoms with van der Waals surface area (Å²) in [5.41, 5.74) is -2.84. The zero-order valence-corrected chi connectivity index (χ0v) is 19.1. The van der Waals surface area contributed by atoms with Crippen molar-refractivity contribution in [3.8, 4) is 0 Å². The number of alkyl halides is 2. The highest BCUT2D eigenvalue weighted by molar-refractivity contribution is 6.01. The summed E-state index contributed by atoms with van der Waals surface area (Å²) in [6.07, 6.45) is 2.95. The van der Waals surface area contributed by atoms with E-state index in [1.165, 1.54) is 12.2 Å². The van der Waals surface area contributed by atoms with Crippen molar-refractivity contribution in [2.45, 2.75) is 71.3 Å². The second kappa shape index (κ2) is 7.57. The molecule has 32 heavy (non-hydrogen) atoms. The van der Waals surface area contributed by atoms with E-state index < -0.39 is 64.9 Å². The minimum absolute atomic E-state index is 0.0280. The molecular formula is C25H32F2O5. The van der Waals surface area contributed by atoms with Gasteiger partial charge in [0.2, 0.25) is 5.78 Å². The van der Waals surface area contributed by atoms with Gasteiger partial charge in [0.1, 0.15) is 6.17 Å². The van der Waals surface area contributed by atoms with Crippen LogP contribution >= 0.6 is 0 Å². The Labute approximate surface area is 187 Å². The summed E-state index contributed by atoms with van der Waals surface area (Å²) in [5, 5.41) is 11.4. The van der Waals surface area contributed by atoms with Crippen LogP contribution < -0.4 is 0 Å². The van der Waals surface area contributed by atoms with Crippen LogP contribution in [-0.4, -0.2) is 47.2 Å². The number of carbonyl (C=O) groups excluding carboxylic acids is 3. The molecule has 1 N–H and O–H groups in total. The molecule has 4 aliphatic carbocycles. The van der Waals surface area contributed by atoms with Crippen LogP contribution in [0, 0.1) is 34.5 Å². The number of Topliss-reactive ketones (excluding diaryl/α,β-unsaturated/α-hetero) is 1. The predicted octanol–water partition coefficient (Wildman–Crippen LogP) is 3.69. The molecule has 0 amide bonds. The summed E-state index contributed by atoms with van der Waals surface area (Å²) in [6.45, 7) is 5.74. The van der Waals surface area contributed by atoms with Gasteiger partial charge in [-0.3, -0.25) is 14.4 Å². The van der Waals surface area contributed by atoms with Gasteiger partial charge in [0.25, 0.3) is 0 Å². The van der Waals surface area contributed by atoms with Gasteiger partial charge in [0.05, 0.1) is 6.10 Å². The molecule has 176 valence electrons. The van der Waals surface area contributed by atoms with E-state index in [-0.39, 0.29) is 31.0 Å². The smallest absolute Gasteiger partial charge is 0.306 e. The van der Waals surface area contributed by atoms with Gasteiger partial charge in [-0.25, -0.2) is 8.78 Å². The van der Waals surface area contributed by atoms with E-state index in [1.54, 1.807) is 26.8 Å². The number of ether oxygens (including phenoxy) is 1. The minimum atomic E-state index is -1.74. The summed E-state index contributed by atoms with van der Waals surface area (Å²) in [4.78, 5) is 37.4. The number of halogens is 2. The number of allylic oxidation sites excluding steroid dienone is 4. The van der Waals surface area contributed by atoms with E-state index in [2.05, 4.69) is 0 Å². The Balaban J connectivity index is 1.84. The van der Waals surface area contributed by atoms with Crippen molar-refractivity contribution in [2.75, 3.05) is 6.67 Å². The zero-order chi connectivity index (χ0) is 23.6. The van der Waals surface area contributed by atoms with Crippen LogP contribution in [-0.2, 0) is 19.1 Å². The van der Waals surface area contributed by atoms with Crippen LogP contribution in [0.1, 0.15) is 53.4 Å². The van der Waals surface area contributed by atoms with Crippen LogP contribution in [0.3, 0.4) is 0 Å². The number of hydrogen-bond donors (Lipinski definition) is 1. The van der Waals surface area contributed by atoms with Gasteiger partial charge in [-0.2, -0.15) is 0 Å². The maximum Gasteiger partial charge on any atom is 0.306 e. The normalized spacial score (nSPS) is 47.2. The van der Waals surface area contributed by atoms with E-state index in [1.807, 2.05) is 6.92 Å². The van der Waals surface area contributed by atoms with Crippen molar-refractivity contribution in [2.24, 2.45) is 34.5 Å². The molecule has 0 spiro atoms. The molecule has 0 radical (unpaired) electrons. The van der Waals surface area contributed by atoms with Crippen molar-refractivity contribution < 1.29 is 33.0 Å². The number of hydrogen-bond acceptors (Lipinski definition) is 5. The molecule has 0 heterocycles. The summed E-state index contributed by atoms with van der Waals surface area (Å²) in [6, 6.07) is 0. The number of ketones is 2. The first-order valence-corrected chi connectivity index (χ1v) is 11.5. The Morgan fingerprint density at radius 1 is 1.31 bits per heavy atom. The van der Waals surface area contributed by atoms with E-state index in [0.717, 1.165) is 0 Å². The zero-order valence-electron chi connectivity index (χ0n) is 19.1. The molecule has 0 aromatic rings. The maximum absolute atomic E-state index is 15.8. The number of rotatable bonds is 4. The van der Waals surface area contributed by atoms with Crippen LogP contribution in [0.5, 0.6) is 0 Å². The lowest BCUT2D eigenvalue weighted by atomic mass is 9.45. The Hall–Kier alpha value is -1.89. The molecule has 0 saturated heterocycles. The lowest BCUT2D eigenvalue weighted by molar-refractivity contribution is -0.208. The van der Waals surface area contributed by atoms with Crippen LogP contribution in [0.25, 0.3) is 0 Å². The number of carbonyl (C=O) groups is 3. The molecule has 5 nitrogen and oxygen atoms in total. The third-order valence-corrected chi connectivity index (χ3v) is 9.12. The Bertz CT molecular complexity index is 912. The fourth-order valence-corrected chi connectivity index (χ4v) is 7.78. The lowest BCUT2D eigenvalue weighted by Crippen LogP contribution is -2.65. The molecule has 0 aliphatic heterocycles. The van der Waals surface area contributed by atoms with Crippen molar-refractivity contribution in [1.82, 2.24) is 0 Å². The molecule has 0 aromatic heterocycles. The van der Waals surface area contributed by atoms with Crippen molar-refractivity contribution >= 4 is 17.5 Å². The van der Waals surface area contributed by atoms with Gasteiger partial charge in [-0.15, -0.1) is 0 Å². The lowest BCUT2D eigenvalue weighted by Gasteiger charge is -2.60. The SMILES string of the molecule is CCC(=O)O[C@]1(C(=O)CF)C(C)C[C@H]2[C@@H]3C(F)CC4=CC(=O)C=C[C@]4(C)[C@H]3C(O)C[C@@]21C. The number of aliphatic hydroxyl groups is 1. The Kier molecular flexibility index (Phi) is 5.51. The second-order valence-electron chi connectivity index (χ2n) is 10.6. The standard InChI is InChI=1S/C25H32F2O5/c1-5-20(31)32-25(19(30)12-26)13(2)8-16-21-17(27)10-14-9-15(28)6-7-23(14,3)22(21)18(29)11-24(16,25)4/h6-7,9,13,16-18,21-22,29H,5,8,10-12H2,1-4H3/t13?,16-,17?,18?,21+,22-,23-,24-,25-/m0/s1. The molecule has 0 bridgehead atoms. The average Bonchev–Trinajstić information content (AvgIpc) is 2.95. The first-order chi connectivity index (χ1) is 15.0. The van der Waals surface area contributed by atoms with Gasteiger partial charge in [-0.1, -0.05) is 39.3 Å². The number of aliphatic hydroxyl groups excluding tert-OH is 1. The highest BCUT2D eigenvalue weighted by Crippen LogP contribution is 2.69. The fraction of sp³-hybridized carbons (Fsp3) is 0.720. The van der Waals surface area contributed by atoms with Crippen molar-refractivity contribution in [1.29, 1.82) is 0 Å². The third kappa shape index (κ3) is 2.85. The Morgan fingerprint density at radius 2 is 2.00 bits per heavy atom. The molecule has 4 rings (SSSR count). The molecule has 0 aromatic carbocycles. The summed E-state index contributed by atoms with van der Waals surface area (Å²) in [5.74, 6) is -3.61. The molecule has 7 heteroatoms. The van der Waals surface area contributed by atoms with E-state index in [9.17, 15) is 23.9 Å². The van der Waals surface area contributed by atoms with E-state index in [0.29, 0.717) is 12.0 Å². The second-order valence-corrected chi connectivity index (χ2v) is 10.6. The molecule has 9 atom stereocenters. The summed E-state index contributed by atoms with van der Waals surface area (Å²) in [7, 11) is 0. The first kappa shape index (κ1) is 23.3. The number of fused-ring (bicyclic) bond motifs is 5. The fourth-order valence-electron chi connectivity index (χ4n) is 7.78. The quantitative estimate of drug-likeness (QED) is 0.661. The highest BCUT2D eigenvalue weighted by atomic mass is 19.1. The van der Waals surface area contributed by atoms with Crippen molar-refractivity contribution in [3.05, 3.63) is 23.8 Å². The predicted molar refractivity (Wildman–Crippen MR) is 113 cm³/mol. The minimum Gasteiger partial charge on any atom is -0.450 e. The van der Waals surface area contributed by atoms with Gasteiger partial charge in [0.15, 0.2) is 18.1 Å². The maximum atomic E-state index is 15.8. The van der Waals surface area contributed by atoms with Crippen LogP contribution in [0.15, 0.2) is 23.8 Å². The Morgan fingerprint density at radius 3 is 2.62 bits per heavy atom. The molecule has 3 unspecified atom stereocenters. The first-order valence-electron chi connectivity index (χ1n) is 11.5. The largest absolute Gasteiger partial charge is 0.450 e. The number of esters is 1. The van der Waals surface area contributed by atoms with Gasteiger partial charge >= 0.3 is 5.97 Å². The molecule has 4 aliphatic rings. The highest BCUT2D eigenvalue weighted by Gasteiger charge is 2.74. The van der Waals surface area contributed by atoms with Gasteiger partial charge in [0, 0.05) is 41.4 Å². The van der Waals surface area contributed by atoms with E-state index in [4.69, 9.17) is 4.74 Å². The summed E-state index contributed by atoms with van der Waals surface area (Å²) < 4.78 is 35.4. The van der Waals surface area contributed by atoms with Gasteiger partial charge < -0.3 is 9.84 Å². The molecule has 3 fully saturated rings. The topological polar surface area (TPSA) is 80.7 Å². The average molecular weight is 451 g/mol. The van der Waals surface area contributed by atoms with Gasteiger partial charge in [-0.05, 0) is 30.9 Å². The van der Waals surface area contributed by atoms with Crippen LogP contribution in [0.2, 0.25) is 0 Å². The van der Waals surface area contributed by atoms with Crippen LogP contribution in [0.4, 0.5) is 8.78 Å². The summed E-state index contributed by atoms with van der Waals surface area (Å²) >= 11 is 0. The molecular weight excluding hydrogens is 418 g/mol. The molecule has 3 saturated carbocycles. The van der Waals surface area contributed by atoms with Crippen molar-refractivity contribution in [3.63, 3.8) is 0 Å². The third-order valence-electron chi connectivity index (χ3n) is 9.12.